The van der Waals surface area contributed by atoms with E-state index in [1.165, 1.54) is 0 Å². The molecule has 0 saturated heterocycles. The van der Waals surface area contributed by atoms with Crippen LogP contribution in [0.25, 0.3) is 0 Å². The first-order valence-electron chi connectivity index (χ1n) is 4.07. The van der Waals surface area contributed by atoms with E-state index in [1.54, 1.807) is 0 Å². The molecule has 1 aromatic carbocycles. The molecule has 0 N–H and O–H groups in total. The first kappa shape index (κ1) is 19.3. The molecule has 0 saturated carbocycles. The van der Waals surface area contributed by atoms with E-state index in [4.69, 9.17) is 0 Å². The topological polar surface area (TPSA) is 40.1 Å². The molecular weight excluding hydrogens is 329 g/mol. The minimum absolute atomic E-state index is 0. The molecule has 1 atom stereocenters. The minimum Gasteiger partial charge on any atom is -0.768 e. The first-order chi connectivity index (χ1) is 8.08. The summed E-state index contributed by atoms with van der Waals surface area (Å²) in [5.74, 6) is -2.58. The molecule has 2 nitrogen and oxygen atoms in total. The van der Waals surface area contributed by atoms with Gasteiger partial charge in [-0.15, -0.1) is 0 Å². The maximum Gasteiger partial charge on any atom is 1.00 e. The number of hydrogen-bond donors (Lipinski definition) is 0. The fourth-order valence-corrected chi connectivity index (χ4v) is 2.06. The van der Waals surface area contributed by atoms with Crippen LogP contribution >= 0.6 is 11.8 Å². The number of rotatable bonds is 4. The Balaban J connectivity index is 0.00000324. The van der Waals surface area contributed by atoms with Crippen molar-refractivity contribution >= 4 is 22.8 Å². The standard InChI is InChI=1S/C8H4F6O2S2.Na/c9-4-1-2-6(5(10)3-4)17-7(11,12)8(13,14)18(15)16;/h1-3H,(H,15,16);/q;+1/p-1. The third-order valence-corrected chi connectivity index (χ3v) is 3.55. The zero-order valence-corrected chi connectivity index (χ0v) is 12.8. The van der Waals surface area contributed by atoms with Crippen molar-refractivity contribution in [2.24, 2.45) is 0 Å². The van der Waals surface area contributed by atoms with Crippen LogP contribution in [0.15, 0.2) is 23.1 Å². The van der Waals surface area contributed by atoms with E-state index in [0.29, 0.717) is 12.1 Å². The van der Waals surface area contributed by atoms with Crippen molar-refractivity contribution in [1.29, 1.82) is 0 Å². The van der Waals surface area contributed by atoms with E-state index in [1.807, 2.05) is 0 Å². The van der Waals surface area contributed by atoms with Gasteiger partial charge in [0.25, 0.3) is 0 Å². The smallest absolute Gasteiger partial charge is 0.768 e. The van der Waals surface area contributed by atoms with Crippen LogP contribution in [0.2, 0.25) is 0 Å². The molecule has 0 spiro atoms. The van der Waals surface area contributed by atoms with Gasteiger partial charge in [-0.25, -0.2) is 8.78 Å². The Hall–Kier alpha value is 0.260. The fourth-order valence-electron chi connectivity index (χ4n) is 0.853. The summed E-state index contributed by atoms with van der Waals surface area (Å²) in [5, 5.41) is -10.5. The van der Waals surface area contributed by atoms with Crippen molar-refractivity contribution < 1.29 is 64.7 Å². The molecule has 19 heavy (non-hydrogen) atoms. The quantitative estimate of drug-likeness (QED) is 0.341. The molecule has 0 heterocycles. The van der Waals surface area contributed by atoms with Gasteiger partial charge in [0.2, 0.25) is 0 Å². The van der Waals surface area contributed by atoms with E-state index in [0.717, 1.165) is 0 Å². The van der Waals surface area contributed by atoms with Gasteiger partial charge in [0, 0.05) is 22.0 Å². The molecule has 1 unspecified atom stereocenters. The molecule has 1 aromatic rings. The minimum atomic E-state index is -5.38. The Labute approximate surface area is 132 Å². The number of alkyl halides is 4. The van der Waals surface area contributed by atoms with Gasteiger partial charge >= 0.3 is 40.1 Å². The summed E-state index contributed by atoms with van der Waals surface area (Å²) in [6.07, 6.45) is 0. The Morgan fingerprint density at radius 1 is 1.16 bits per heavy atom. The van der Waals surface area contributed by atoms with Crippen LogP contribution in [0.5, 0.6) is 0 Å². The maximum absolute atomic E-state index is 13.0. The molecular formula is C8H3F6NaO2S2. The molecule has 11 heteroatoms. The predicted octanol–water partition coefficient (Wildman–Crippen LogP) is 0.126. The van der Waals surface area contributed by atoms with Gasteiger partial charge in [0.05, 0.1) is 0 Å². The summed E-state index contributed by atoms with van der Waals surface area (Å²) in [6.45, 7) is 0. The Kier molecular flexibility index (Phi) is 6.90. The summed E-state index contributed by atoms with van der Waals surface area (Å²) in [5.41, 5.74) is 0. The SMILES string of the molecule is O=S([O-])C(F)(F)C(F)(F)Sc1ccc(F)cc1F.[Na+]. The van der Waals surface area contributed by atoms with Crippen LogP contribution < -0.4 is 29.6 Å². The molecule has 0 radical (unpaired) electrons. The molecule has 0 aliphatic rings. The van der Waals surface area contributed by atoms with Gasteiger partial charge in [0.15, 0.2) is 0 Å². The molecule has 102 valence electrons. The summed E-state index contributed by atoms with van der Waals surface area (Å²) in [6, 6.07) is 1.30. The van der Waals surface area contributed by atoms with Crippen LogP contribution in [0.4, 0.5) is 26.3 Å². The predicted molar refractivity (Wildman–Crippen MR) is 51.0 cm³/mol. The second-order valence-electron chi connectivity index (χ2n) is 2.95. The Morgan fingerprint density at radius 2 is 1.68 bits per heavy atom. The monoisotopic (exact) mass is 332 g/mol. The van der Waals surface area contributed by atoms with Crippen LogP contribution in [-0.2, 0) is 11.1 Å². The zero-order valence-electron chi connectivity index (χ0n) is 9.13. The summed E-state index contributed by atoms with van der Waals surface area (Å²) < 4.78 is 96.7. The molecule has 0 aromatic heterocycles. The summed E-state index contributed by atoms with van der Waals surface area (Å²) >= 11 is -5.38. The van der Waals surface area contributed by atoms with E-state index in [-0.39, 0.29) is 35.6 Å². The van der Waals surface area contributed by atoms with Crippen molar-refractivity contribution in [3.63, 3.8) is 0 Å². The Bertz CT molecular complexity index is 484. The summed E-state index contributed by atoms with van der Waals surface area (Å²) in [4.78, 5) is -0.994. The van der Waals surface area contributed by atoms with Crippen LogP contribution in [0.3, 0.4) is 0 Å². The largest absolute Gasteiger partial charge is 1.00 e. The van der Waals surface area contributed by atoms with E-state index < -0.39 is 49.9 Å². The van der Waals surface area contributed by atoms with E-state index in [9.17, 15) is 35.1 Å². The first-order valence-corrected chi connectivity index (χ1v) is 5.96. The number of benzene rings is 1. The number of hydrogen-bond acceptors (Lipinski definition) is 3. The van der Waals surface area contributed by atoms with Crippen LogP contribution in [0.1, 0.15) is 0 Å². The van der Waals surface area contributed by atoms with Gasteiger partial charge in [-0.05, 0) is 23.9 Å². The molecule has 0 aliphatic carbocycles. The Morgan fingerprint density at radius 3 is 2.11 bits per heavy atom. The van der Waals surface area contributed by atoms with E-state index in [2.05, 4.69) is 0 Å². The molecule has 0 bridgehead atoms. The number of thioether (sulfide) groups is 1. The van der Waals surface area contributed by atoms with Crippen molar-refractivity contribution in [2.45, 2.75) is 15.4 Å². The van der Waals surface area contributed by atoms with Crippen molar-refractivity contribution in [1.82, 2.24) is 0 Å². The second-order valence-corrected chi connectivity index (χ2v) is 5.08. The third kappa shape index (κ3) is 4.36. The molecule has 0 aliphatic heterocycles. The molecule has 1 rings (SSSR count). The van der Waals surface area contributed by atoms with Gasteiger partial charge in [-0.2, -0.15) is 17.6 Å². The average molecular weight is 332 g/mol. The van der Waals surface area contributed by atoms with Crippen molar-refractivity contribution in [3.8, 4) is 0 Å². The molecule has 0 fully saturated rings. The van der Waals surface area contributed by atoms with Crippen LogP contribution in [0, 0.1) is 11.6 Å². The zero-order chi connectivity index (χ0) is 14.1. The van der Waals surface area contributed by atoms with Gasteiger partial charge in [-0.3, -0.25) is 4.21 Å². The fraction of sp³-hybridized carbons (Fsp3) is 0.250. The maximum atomic E-state index is 13.0. The summed E-state index contributed by atoms with van der Waals surface area (Å²) in [7, 11) is 0. The number of halogens is 6. The van der Waals surface area contributed by atoms with E-state index >= 15 is 0 Å². The van der Waals surface area contributed by atoms with Crippen LogP contribution in [-0.4, -0.2) is 19.3 Å². The van der Waals surface area contributed by atoms with Gasteiger partial charge < -0.3 is 4.55 Å². The molecule has 0 amide bonds. The normalized spacial score (nSPS) is 13.8. The third-order valence-electron chi connectivity index (χ3n) is 1.68. The second kappa shape index (κ2) is 6.81. The van der Waals surface area contributed by atoms with Gasteiger partial charge in [-0.1, -0.05) is 0 Å². The van der Waals surface area contributed by atoms with Gasteiger partial charge in [0.1, 0.15) is 11.6 Å². The average Bonchev–Trinajstić information content (AvgIpc) is 2.21. The van der Waals surface area contributed by atoms with Crippen molar-refractivity contribution in [3.05, 3.63) is 29.8 Å². The van der Waals surface area contributed by atoms with Crippen molar-refractivity contribution in [2.75, 3.05) is 0 Å².